The predicted octanol–water partition coefficient (Wildman–Crippen LogP) is 2.98. The molecule has 0 aliphatic heterocycles. The molecule has 0 radical (unpaired) electrons. The fourth-order valence-electron chi connectivity index (χ4n) is 1.69. The van der Waals surface area contributed by atoms with E-state index in [4.69, 9.17) is 16.7 Å². The molecule has 0 bridgehead atoms. The van der Waals surface area contributed by atoms with Crippen molar-refractivity contribution >= 4 is 28.8 Å². The van der Waals surface area contributed by atoms with Crippen LogP contribution in [-0.2, 0) is 6.54 Å². The van der Waals surface area contributed by atoms with E-state index in [0.717, 1.165) is 16.7 Å². The highest BCUT2D eigenvalue weighted by molar-refractivity contribution is 7.13. The summed E-state index contributed by atoms with van der Waals surface area (Å²) in [6, 6.07) is 7.49. The van der Waals surface area contributed by atoms with Crippen LogP contribution < -0.4 is 5.32 Å². The molecule has 0 saturated heterocycles. The molecule has 2 rings (SSSR count). The van der Waals surface area contributed by atoms with Gasteiger partial charge in [-0.25, -0.2) is 0 Å². The Morgan fingerprint density at radius 1 is 1.38 bits per heavy atom. The second-order valence-electron chi connectivity index (χ2n) is 4.40. The molecule has 1 heterocycles. The largest absolute Gasteiger partial charge is 0.384 e. The highest BCUT2D eigenvalue weighted by Crippen LogP contribution is 2.26. The molecule has 3 nitrogen and oxygen atoms in total. The molecular weight excluding hydrogens is 306 g/mol. The van der Waals surface area contributed by atoms with Gasteiger partial charge in [-0.15, -0.1) is 11.3 Å². The predicted molar refractivity (Wildman–Crippen MR) is 85.6 cm³/mol. The number of hydrogen-bond acceptors (Lipinski definition) is 3. The van der Waals surface area contributed by atoms with Gasteiger partial charge < -0.3 is 10.4 Å². The standard InChI is InChI=1S/C16H14ClNO2S/c1-11-10-21-15(14(11)17)16(20)18-9-13-6-4-12(5-7-13)3-2-8-19/h4-7,10,19H,8-9H2,1H3,(H,18,20). The molecule has 1 aromatic carbocycles. The summed E-state index contributed by atoms with van der Waals surface area (Å²) in [5.41, 5.74) is 2.72. The summed E-state index contributed by atoms with van der Waals surface area (Å²) in [6.45, 7) is 2.15. The highest BCUT2D eigenvalue weighted by atomic mass is 35.5. The van der Waals surface area contributed by atoms with Gasteiger partial charge in [-0.3, -0.25) is 4.79 Å². The van der Waals surface area contributed by atoms with E-state index in [2.05, 4.69) is 17.2 Å². The summed E-state index contributed by atoms with van der Waals surface area (Å²) in [7, 11) is 0. The van der Waals surface area contributed by atoms with Gasteiger partial charge in [0.25, 0.3) is 5.91 Å². The average molecular weight is 320 g/mol. The minimum atomic E-state index is -0.165. The number of aliphatic hydroxyl groups is 1. The first-order chi connectivity index (χ1) is 10.1. The second kappa shape index (κ2) is 7.28. The van der Waals surface area contributed by atoms with Crippen molar-refractivity contribution in [1.82, 2.24) is 5.32 Å². The van der Waals surface area contributed by atoms with E-state index in [-0.39, 0.29) is 12.5 Å². The number of aryl methyl sites for hydroxylation is 1. The lowest BCUT2D eigenvalue weighted by molar-refractivity contribution is 0.0955. The van der Waals surface area contributed by atoms with E-state index in [1.54, 1.807) is 0 Å². The zero-order valence-electron chi connectivity index (χ0n) is 11.4. The van der Waals surface area contributed by atoms with Gasteiger partial charge in [0, 0.05) is 12.1 Å². The van der Waals surface area contributed by atoms with Crippen LogP contribution in [0.25, 0.3) is 0 Å². The average Bonchev–Trinajstić information content (AvgIpc) is 2.83. The smallest absolute Gasteiger partial charge is 0.263 e. The van der Waals surface area contributed by atoms with E-state index >= 15 is 0 Å². The molecule has 1 aromatic heterocycles. The Bertz CT molecular complexity index is 695. The van der Waals surface area contributed by atoms with Gasteiger partial charge in [-0.2, -0.15) is 0 Å². The monoisotopic (exact) mass is 319 g/mol. The lowest BCUT2D eigenvalue weighted by atomic mass is 10.1. The first kappa shape index (κ1) is 15.6. The Kier molecular flexibility index (Phi) is 5.40. The number of halogens is 1. The van der Waals surface area contributed by atoms with Crippen LogP contribution >= 0.6 is 22.9 Å². The lowest BCUT2D eigenvalue weighted by Crippen LogP contribution is -2.22. The first-order valence-corrected chi connectivity index (χ1v) is 7.58. The molecule has 0 aliphatic carbocycles. The number of rotatable bonds is 3. The van der Waals surface area contributed by atoms with Crippen LogP contribution in [0.4, 0.5) is 0 Å². The minimum absolute atomic E-state index is 0.154. The maximum Gasteiger partial charge on any atom is 0.263 e. The number of carbonyl (C=O) groups excluding carboxylic acids is 1. The van der Waals surface area contributed by atoms with Crippen molar-refractivity contribution in [3.05, 3.63) is 56.2 Å². The van der Waals surface area contributed by atoms with Crippen LogP contribution in [0.1, 0.15) is 26.4 Å². The van der Waals surface area contributed by atoms with Gasteiger partial charge in [-0.1, -0.05) is 35.6 Å². The molecule has 2 N–H and O–H groups in total. The summed E-state index contributed by atoms with van der Waals surface area (Å²) >= 11 is 7.41. The maximum absolute atomic E-state index is 12.0. The fourth-order valence-corrected chi connectivity index (χ4v) is 2.89. The molecule has 0 unspecified atom stereocenters. The number of benzene rings is 1. The van der Waals surface area contributed by atoms with Crippen molar-refractivity contribution in [2.75, 3.05) is 6.61 Å². The van der Waals surface area contributed by atoms with E-state index < -0.39 is 0 Å². The molecule has 0 fully saturated rings. The van der Waals surface area contributed by atoms with Crippen LogP contribution in [0.2, 0.25) is 5.02 Å². The van der Waals surface area contributed by atoms with Gasteiger partial charge in [-0.05, 0) is 35.6 Å². The molecule has 108 valence electrons. The third-order valence-corrected chi connectivity index (χ3v) is 4.52. The Labute approximate surface area is 132 Å². The number of aliphatic hydroxyl groups excluding tert-OH is 1. The van der Waals surface area contributed by atoms with Crippen molar-refractivity contribution in [2.45, 2.75) is 13.5 Å². The van der Waals surface area contributed by atoms with E-state index in [1.807, 2.05) is 36.6 Å². The molecule has 0 atom stereocenters. The topological polar surface area (TPSA) is 49.3 Å². The molecular formula is C16H14ClNO2S. The van der Waals surface area contributed by atoms with Crippen molar-refractivity contribution < 1.29 is 9.90 Å². The van der Waals surface area contributed by atoms with Gasteiger partial charge in [0.15, 0.2) is 0 Å². The number of amides is 1. The second-order valence-corrected chi connectivity index (χ2v) is 5.66. The summed E-state index contributed by atoms with van der Waals surface area (Å²) in [6.07, 6.45) is 0. The van der Waals surface area contributed by atoms with Gasteiger partial charge in [0.1, 0.15) is 11.5 Å². The molecule has 5 heteroatoms. The van der Waals surface area contributed by atoms with Crippen molar-refractivity contribution in [1.29, 1.82) is 0 Å². The Morgan fingerprint density at radius 2 is 2.10 bits per heavy atom. The van der Waals surface area contributed by atoms with Crippen molar-refractivity contribution in [2.24, 2.45) is 0 Å². The van der Waals surface area contributed by atoms with Gasteiger partial charge in [0.2, 0.25) is 0 Å². The summed E-state index contributed by atoms with van der Waals surface area (Å²) in [4.78, 5) is 12.6. The normalized spacial score (nSPS) is 9.86. The minimum Gasteiger partial charge on any atom is -0.384 e. The number of thiophene rings is 1. The van der Waals surface area contributed by atoms with Crippen LogP contribution in [-0.4, -0.2) is 17.6 Å². The molecule has 0 spiro atoms. The molecule has 2 aromatic rings. The molecule has 1 amide bonds. The zero-order valence-corrected chi connectivity index (χ0v) is 13.0. The van der Waals surface area contributed by atoms with Crippen LogP contribution in [0, 0.1) is 18.8 Å². The number of nitrogens with one attached hydrogen (secondary N) is 1. The summed E-state index contributed by atoms with van der Waals surface area (Å²) in [5, 5.41) is 13.9. The molecule has 0 aliphatic rings. The lowest BCUT2D eigenvalue weighted by Gasteiger charge is -2.04. The van der Waals surface area contributed by atoms with Crippen LogP contribution in [0.5, 0.6) is 0 Å². The number of hydrogen-bond donors (Lipinski definition) is 2. The molecule has 0 saturated carbocycles. The Balaban J connectivity index is 1.97. The third-order valence-electron chi connectivity index (χ3n) is 2.82. The van der Waals surface area contributed by atoms with Gasteiger partial charge in [0.05, 0.1) is 5.02 Å². The molecule has 21 heavy (non-hydrogen) atoms. The van der Waals surface area contributed by atoms with Crippen LogP contribution in [0.15, 0.2) is 29.6 Å². The Hall–Kier alpha value is -1.80. The fraction of sp³-hybridized carbons (Fsp3) is 0.188. The summed E-state index contributed by atoms with van der Waals surface area (Å²) in [5.74, 6) is 5.24. The zero-order chi connectivity index (χ0) is 15.2. The first-order valence-electron chi connectivity index (χ1n) is 6.32. The Morgan fingerprint density at radius 3 is 2.67 bits per heavy atom. The van der Waals surface area contributed by atoms with Crippen molar-refractivity contribution in [3.63, 3.8) is 0 Å². The SMILES string of the molecule is Cc1csc(C(=O)NCc2ccc(C#CCO)cc2)c1Cl. The highest BCUT2D eigenvalue weighted by Gasteiger charge is 2.13. The van der Waals surface area contributed by atoms with E-state index in [9.17, 15) is 4.79 Å². The summed E-state index contributed by atoms with van der Waals surface area (Å²) < 4.78 is 0. The van der Waals surface area contributed by atoms with E-state index in [0.29, 0.717) is 16.4 Å². The quantitative estimate of drug-likeness (QED) is 0.855. The van der Waals surface area contributed by atoms with Gasteiger partial charge >= 0.3 is 0 Å². The third kappa shape index (κ3) is 4.08. The van der Waals surface area contributed by atoms with E-state index in [1.165, 1.54) is 11.3 Å². The maximum atomic E-state index is 12.0. The number of carbonyl (C=O) groups is 1. The van der Waals surface area contributed by atoms with Crippen LogP contribution in [0.3, 0.4) is 0 Å². The van der Waals surface area contributed by atoms with Crippen molar-refractivity contribution in [3.8, 4) is 11.8 Å².